The molecule has 0 heterocycles. The molecule has 4 heteroatoms. The highest BCUT2D eigenvalue weighted by atomic mass is 32.1. The SMILES string of the molecule is CC(C)[Si](C#Cc1c2cc3ccccc3cc2c(C#Cc2ccc(NC(=S)[S-])cc2)c2cc3ccccc3cc12)(C(C)C)C(C)C. The molecule has 6 rings (SSSR count). The molecule has 6 aromatic carbocycles. The van der Waals surface area contributed by atoms with Crippen LogP contribution in [-0.4, -0.2) is 12.4 Å². The molecule has 0 atom stereocenters. The minimum absolute atomic E-state index is 0.328. The number of fused-ring (bicyclic) bond motifs is 4. The average Bonchev–Trinajstić information content (AvgIpc) is 3.02. The van der Waals surface area contributed by atoms with E-state index in [-0.39, 0.29) is 0 Å². The van der Waals surface area contributed by atoms with Crippen molar-refractivity contribution in [3.8, 4) is 23.3 Å². The van der Waals surface area contributed by atoms with Crippen molar-refractivity contribution in [2.45, 2.75) is 58.2 Å². The van der Waals surface area contributed by atoms with Crippen molar-refractivity contribution in [3.05, 3.63) is 114 Å². The van der Waals surface area contributed by atoms with Crippen molar-refractivity contribution in [1.29, 1.82) is 0 Å². The van der Waals surface area contributed by atoms with Crippen LogP contribution in [0.1, 0.15) is 58.2 Å². The fourth-order valence-electron chi connectivity index (χ4n) is 7.36. The molecule has 1 N–H and O–H groups in total. The molecule has 0 unspecified atom stereocenters. The number of thiocarbonyl (C=S) groups is 1. The lowest BCUT2D eigenvalue weighted by Crippen LogP contribution is -2.43. The van der Waals surface area contributed by atoms with Crippen LogP contribution in [0.3, 0.4) is 0 Å². The summed E-state index contributed by atoms with van der Waals surface area (Å²) in [6, 6.07) is 34.4. The van der Waals surface area contributed by atoms with Crippen LogP contribution in [0.2, 0.25) is 16.6 Å². The molecule has 228 valence electrons. The van der Waals surface area contributed by atoms with E-state index >= 15 is 0 Å². The predicted octanol–water partition coefficient (Wildman–Crippen LogP) is 11.5. The monoisotopic (exact) mass is 648 g/mol. The summed E-state index contributed by atoms with van der Waals surface area (Å²) >= 11 is 10.1. The third-order valence-electron chi connectivity index (χ3n) is 9.58. The fraction of sp³-hybridized carbons (Fsp3) is 0.214. The minimum atomic E-state index is -1.99. The molecule has 0 aliphatic heterocycles. The van der Waals surface area contributed by atoms with Gasteiger partial charge in [0.25, 0.3) is 0 Å². The zero-order chi connectivity index (χ0) is 32.6. The fourth-order valence-corrected chi connectivity index (χ4v) is 12.8. The normalized spacial score (nSPS) is 11.7. The molecule has 1 nitrogen and oxygen atoms in total. The van der Waals surface area contributed by atoms with Gasteiger partial charge in [0.1, 0.15) is 8.07 Å². The Bertz CT molecular complexity index is 2140. The number of hydrogen-bond acceptors (Lipinski definition) is 2. The summed E-state index contributed by atoms with van der Waals surface area (Å²) in [5.41, 5.74) is 9.63. The lowest BCUT2D eigenvalue weighted by Gasteiger charge is -2.38. The second kappa shape index (κ2) is 12.9. The summed E-state index contributed by atoms with van der Waals surface area (Å²) < 4.78 is 0.328. The van der Waals surface area contributed by atoms with Crippen molar-refractivity contribution < 1.29 is 0 Å². The zero-order valence-corrected chi connectivity index (χ0v) is 29.9. The van der Waals surface area contributed by atoms with Gasteiger partial charge in [0.05, 0.1) is 0 Å². The van der Waals surface area contributed by atoms with E-state index in [1.54, 1.807) is 0 Å². The maximum atomic E-state index is 5.04. The first-order valence-corrected chi connectivity index (χ1v) is 19.1. The Balaban J connectivity index is 1.72. The maximum absolute atomic E-state index is 5.04. The van der Waals surface area contributed by atoms with Gasteiger partial charge in [-0.15, -0.1) is 5.54 Å². The van der Waals surface area contributed by atoms with Gasteiger partial charge in [0.15, 0.2) is 0 Å². The van der Waals surface area contributed by atoms with E-state index in [9.17, 15) is 0 Å². The molecule has 0 saturated carbocycles. The predicted molar refractivity (Wildman–Crippen MR) is 210 cm³/mol. The Morgan fingerprint density at radius 1 is 0.587 bits per heavy atom. The number of rotatable bonds is 4. The largest absolute Gasteiger partial charge is 0.411 e. The Hall–Kier alpha value is -4.19. The van der Waals surface area contributed by atoms with Gasteiger partial charge in [0, 0.05) is 22.4 Å². The first-order valence-electron chi connectivity index (χ1n) is 16.0. The Kier molecular flexibility index (Phi) is 8.91. The molecule has 46 heavy (non-hydrogen) atoms. The third-order valence-corrected chi connectivity index (χ3v) is 16.1. The van der Waals surface area contributed by atoms with Crippen LogP contribution in [0.25, 0.3) is 43.1 Å². The zero-order valence-electron chi connectivity index (χ0n) is 27.3. The molecule has 0 aliphatic carbocycles. The highest BCUT2D eigenvalue weighted by Gasteiger charge is 2.41. The summed E-state index contributed by atoms with van der Waals surface area (Å²) in [5.74, 6) is 11.0. The second-order valence-electron chi connectivity index (χ2n) is 13.1. The van der Waals surface area contributed by atoms with Crippen molar-refractivity contribution in [1.82, 2.24) is 0 Å². The van der Waals surface area contributed by atoms with E-state index in [1.807, 2.05) is 24.3 Å². The quantitative estimate of drug-likeness (QED) is 0.0672. The molecule has 0 saturated heterocycles. The molecular formula is C42H38NS2Si-. The molecule has 6 aromatic rings. The summed E-state index contributed by atoms with van der Waals surface area (Å²) in [7, 11) is -1.99. The van der Waals surface area contributed by atoms with E-state index in [4.69, 9.17) is 24.8 Å². The Morgan fingerprint density at radius 3 is 1.35 bits per heavy atom. The van der Waals surface area contributed by atoms with E-state index in [0.29, 0.717) is 20.9 Å². The second-order valence-corrected chi connectivity index (χ2v) is 19.8. The van der Waals surface area contributed by atoms with E-state index < -0.39 is 8.07 Å². The van der Waals surface area contributed by atoms with Crippen LogP contribution >= 0.6 is 12.2 Å². The molecular weight excluding hydrogens is 611 g/mol. The van der Waals surface area contributed by atoms with Gasteiger partial charge in [-0.25, -0.2) is 0 Å². The van der Waals surface area contributed by atoms with Gasteiger partial charge in [0.2, 0.25) is 0 Å². The van der Waals surface area contributed by atoms with Gasteiger partial charge in [-0.2, -0.15) is 0 Å². The summed E-state index contributed by atoms with van der Waals surface area (Å²) in [6.07, 6.45) is 0. The third kappa shape index (κ3) is 5.90. The molecule has 0 fully saturated rings. The topological polar surface area (TPSA) is 12.0 Å². The lowest BCUT2D eigenvalue weighted by atomic mass is 9.89. The number of nitrogens with one attached hydrogen (secondary N) is 1. The van der Waals surface area contributed by atoms with Crippen LogP contribution in [0.15, 0.2) is 97.1 Å². The first kappa shape index (κ1) is 31.8. The van der Waals surface area contributed by atoms with Crippen molar-refractivity contribution in [2.75, 3.05) is 5.32 Å². The molecule has 0 aromatic heterocycles. The van der Waals surface area contributed by atoms with Crippen LogP contribution in [-0.2, 0) is 12.6 Å². The molecule has 0 radical (unpaired) electrons. The van der Waals surface area contributed by atoms with Gasteiger partial charge in [-0.1, -0.05) is 112 Å². The van der Waals surface area contributed by atoms with Crippen molar-refractivity contribution in [2.24, 2.45) is 0 Å². The first-order chi connectivity index (χ1) is 22.1. The minimum Gasteiger partial charge on any atom is -0.411 e. The smallest absolute Gasteiger partial charge is 0.146 e. The van der Waals surface area contributed by atoms with E-state index in [2.05, 4.69) is 143 Å². The van der Waals surface area contributed by atoms with Gasteiger partial charge < -0.3 is 30.2 Å². The van der Waals surface area contributed by atoms with Crippen LogP contribution in [0, 0.1) is 23.3 Å². The Morgan fingerprint density at radius 2 is 0.978 bits per heavy atom. The summed E-state index contributed by atoms with van der Waals surface area (Å²) in [5, 5.41) is 12.4. The number of anilines is 1. The highest BCUT2D eigenvalue weighted by molar-refractivity contribution is 8.00. The molecule has 0 spiro atoms. The molecule has 0 aliphatic rings. The lowest BCUT2D eigenvalue weighted by molar-refractivity contribution is 0.838. The van der Waals surface area contributed by atoms with Gasteiger partial charge in [-0.05, 0) is 108 Å². The maximum Gasteiger partial charge on any atom is 0.146 e. The Labute approximate surface area is 285 Å². The average molecular weight is 649 g/mol. The van der Waals surface area contributed by atoms with Gasteiger partial charge >= 0.3 is 0 Å². The van der Waals surface area contributed by atoms with E-state index in [1.165, 1.54) is 21.5 Å². The number of benzene rings is 6. The number of hydrogen-bond donors (Lipinski definition) is 1. The molecule has 0 amide bonds. The standard InChI is InChI=1S/C42H39NS2Si/c1-27(2)46(28(3)4,29(5)6)22-21-37-40-25-33-13-9-7-11-31(33)23-38(40)36(20-17-30-15-18-35(19-16-30)43-42(44)45)39-24-32-12-8-10-14-34(32)26-41(37)39/h7-16,18-19,23-29H,1-6H3,(H2,43,44,45)/p-1. The summed E-state index contributed by atoms with van der Waals surface area (Å²) in [6.45, 7) is 14.3. The molecule has 0 bridgehead atoms. The highest BCUT2D eigenvalue weighted by Crippen LogP contribution is 2.42. The van der Waals surface area contributed by atoms with Crippen molar-refractivity contribution >= 4 is 86.0 Å². The van der Waals surface area contributed by atoms with Crippen LogP contribution < -0.4 is 5.32 Å². The summed E-state index contributed by atoms with van der Waals surface area (Å²) in [4.78, 5) is 0. The van der Waals surface area contributed by atoms with Crippen molar-refractivity contribution in [3.63, 3.8) is 0 Å². The van der Waals surface area contributed by atoms with Crippen LogP contribution in [0.4, 0.5) is 5.69 Å². The van der Waals surface area contributed by atoms with Gasteiger partial charge in [-0.3, -0.25) is 0 Å². The van der Waals surface area contributed by atoms with Crippen LogP contribution in [0.5, 0.6) is 0 Å². The van der Waals surface area contributed by atoms with E-state index in [0.717, 1.165) is 43.9 Å².